The Morgan fingerprint density at radius 2 is 1.70 bits per heavy atom. The Morgan fingerprint density at radius 3 is 2.50 bits per heavy atom. The predicted octanol–water partition coefficient (Wildman–Crippen LogP) is 3.28. The second-order valence-corrected chi connectivity index (χ2v) is 8.12. The molecular formula is C22H19N5O2S. The first-order chi connectivity index (χ1) is 14.7. The maximum atomic E-state index is 11.8. The first-order valence-corrected chi connectivity index (χ1v) is 10.5. The molecule has 5 rings (SSSR count). The highest BCUT2D eigenvalue weighted by Gasteiger charge is 2.25. The third kappa shape index (κ3) is 3.61. The van der Waals surface area contributed by atoms with E-state index in [1.165, 1.54) is 16.5 Å². The van der Waals surface area contributed by atoms with Crippen LogP contribution in [0.2, 0.25) is 0 Å². The summed E-state index contributed by atoms with van der Waals surface area (Å²) in [5, 5.41) is 4.41. The van der Waals surface area contributed by atoms with Crippen molar-refractivity contribution in [2.45, 2.75) is 0 Å². The average Bonchev–Trinajstić information content (AvgIpc) is 3.10. The number of amides is 2. The van der Waals surface area contributed by atoms with Gasteiger partial charge in [0, 0.05) is 43.4 Å². The summed E-state index contributed by atoms with van der Waals surface area (Å²) in [7, 11) is 0. The Balaban J connectivity index is 1.32. The third-order valence-electron chi connectivity index (χ3n) is 5.26. The fourth-order valence-electron chi connectivity index (χ4n) is 3.78. The fraction of sp³-hybridized carbons (Fsp3) is 0.182. The molecule has 1 N–H and O–H groups in total. The van der Waals surface area contributed by atoms with Crippen LogP contribution in [0.5, 0.6) is 0 Å². The second-order valence-electron chi connectivity index (χ2n) is 7.11. The Kier molecular flexibility index (Phi) is 4.84. The summed E-state index contributed by atoms with van der Waals surface area (Å²) in [5.74, 6) is 0.255. The lowest BCUT2D eigenvalue weighted by molar-refractivity contribution is -0.115. The van der Waals surface area contributed by atoms with Crippen molar-refractivity contribution in [2.75, 3.05) is 36.0 Å². The van der Waals surface area contributed by atoms with Crippen molar-refractivity contribution < 1.29 is 9.59 Å². The van der Waals surface area contributed by atoms with E-state index in [-0.39, 0.29) is 11.1 Å². The second kappa shape index (κ2) is 7.79. The summed E-state index contributed by atoms with van der Waals surface area (Å²) in [6.45, 7) is 3.35. The fourth-order valence-corrected chi connectivity index (χ4v) is 4.45. The van der Waals surface area contributed by atoms with Crippen molar-refractivity contribution in [1.82, 2.24) is 15.3 Å². The molecule has 0 bridgehead atoms. The minimum absolute atomic E-state index is 0.352. The minimum Gasteiger partial charge on any atom is -0.367 e. The average molecular weight is 417 g/mol. The molecule has 0 atom stereocenters. The number of piperazine rings is 1. The number of nitrogens with one attached hydrogen (secondary N) is 1. The molecule has 7 nitrogen and oxygen atoms in total. The van der Waals surface area contributed by atoms with E-state index in [0.717, 1.165) is 37.9 Å². The lowest BCUT2D eigenvalue weighted by Crippen LogP contribution is -2.47. The van der Waals surface area contributed by atoms with Crippen molar-refractivity contribution in [2.24, 2.45) is 0 Å². The highest BCUT2D eigenvalue weighted by molar-refractivity contribution is 8.18. The van der Waals surface area contributed by atoms with Crippen LogP contribution in [0, 0.1) is 0 Å². The van der Waals surface area contributed by atoms with Crippen molar-refractivity contribution in [3.05, 3.63) is 65.3 Å². The van der Waals surface area contributed by atoms with E-state index >= 15 is 0 Å². The number of carbonyl (C=O) groups excluding carboxylic acids is 2. The van der Waals surface area contributed by atoms with Gasteiger partial charge in [0.25, 0.3) is 11.1 Å². The van der Waals surface area contributed by atoms with Crippen LogP contribution in [0.25, 0.3) is 16.8 Å². The standard InChI is InChI=1S/C22H19N5O2S/c28-20-19(30-22(29)25-20)14-16-8-9-23-21(24-16)27-12-10-26(11-13-27)18-7-3-5-15-4-1-2-6-17(15)18/h1-9,14H,10-13H2,(H,25,28,29)/b19-14+. The zero-order valence-corrected chi connectivity index (χ0v) is 16.9. The molecule has 2 aromatic carbocycles. The smallest absolute Gasteiger partial charge is 0.290 e. The van der Waals surface area contributed by atoms with Gasteiger partial charge in [0.05, 0.1) is 10.6 Å². The summed E-state index contributed by atoms with van der Waals surface area (Å²) in [6, 6.07) is 16.6. The van der Waals surface area contributed by atoms with Gasteiger partial charge >= 0.3 is 0 Å². The first-order valence-electron chi connectivity index (χ1n) is 9.73. The normalized spacial score (nSPS) is 18.3. The number of rotatable bonds is 3. The lowest BCUT2D eigenvalue weighted by Gasteiger charge is -2.36. The highest BCUT2D eigenvalue weighted by atomic mass is 32.2. The van der Waals surface area contributed by atoms with Gasteiger partial charge in [-0.2, -0.15) is 0 Å². The van der Waals surface area contributed by atoms with E-state index in [1.54, 1.807) is 18.3 Å². The number of carbonyl (C=O) groups is 2. The van der Waals surface area contributed by atoms with Crippen LogP contribution < -0.4 is 15.1 Å². The summed E-state index contributed by atoms with van der Waals surface area (Å²) in [6.07, 6.45) is 3.31. The van der Waals surface area contributed by atoms with Crippen LogP contribution in [0.4, 0.5) is 16.4 Å². The molecule has 0 radical (unpaired) electrons. The topological polar surface area (TPSA) is 78.4 Å². The van der Waals surface area contributed by atoms with Crippen molar-refractivity contribution in [3.63, 3.8) is 0 Å². The van der Waals surface area contributed by atoms with Crippen LogP contribution >= 0.6 is 11.8 Å². The Labute approximate surface area is 177 Å². The molecule has 0 aliphatic carbocycles. The maximum Gasteiger partial charge on any atom is 0.290 e. The van der Waals surface area contributed by atoms with Crippen LogP contribution in [0.15, 0.2) is 59.6 Å². The number of nitrogens with zero attached hydrogens (tertiary/aromatic N) is 4. The molecule has 0 spiro atoms. The van der Waals surface area contributed by atoms with E-state index in [4.69, 9.17) is 0 Å². The zero-order chi connectivity index (χ0) is 20.5. The number of aromatic nitrogens is 2. The van der Waals surface area contributed by atoms with E-state index in [2.05, 4.69) is 67.5 Å². The van der Waals surface area contributed by atoms with Gasteiger partial charge in [0.15, 0.2) is 0 Å². The van der Waals surface area contributed by atoms with Gasteiger partial charge in [-0.05, 0) is 35.4 Å². The van der Waals surface area contributed by atoms with Crippen molar-refractivity contribution in [3.8, 4) is 0 Å². The SMILES string of the molecule is O=C1NC(=O)/C(=C\c2ccnc(N3CCN(c4cccc5ccccc45)CC3)n2)S1. The van der Waals surface area contributed by atoms with Gasteiger partial charge in [-0.3, -0.25) is 14.9 Å². The maximum absolute atomic E-state index is 11.8. The molecule has 0 saturated carbocycles. The van der Waals surface area contributed by atoms with Crippen LogP contribution in [0.1, 0.15) is 5.69 Å². The molecule has 2 fully saturated rings. The number of fused-ring (bicyclic) bond motifs is 1. The predicted molar refractivity (Wildman–Crippen MR) is 120 cm³/mol. The van der Waals surface area contributed by atoms with Gasteiger partial charge in [0.2, 0.25) is 5.95 Å². The molecule has 1 aromatic heterocycles. The van der Waals surface area contributed by atoms with Crippen molar-refractivity contribution in [1.29, 1.82) is 0 Å². The highest BCUT2D eigenvalue weighted by Crippen LogP contribution is 2.28. The molecule has 2 aliphatic heterocycles. The molecule has 3 aromatic rings. The Morgan fingerprint density at radius 1 is 0.933 bits per heavy atom. The van der Waals surface area contributed by atoms with Gasteiger partial charge in [-0.1, -0.05) is 36.4 Å². The van der Waals surface area contributed by atoms with Gasteiger partial charge in [-0.25, -0.2) is 9.97 Å². The van der Waals surface area contributed by atoms with E-state index in [0.29, 0.717) is 16.5 Å². The molecule has 8 heteroatoms. The summed E-state index contributed by atoms with van der Waals surface area (Å²) in [4.78, 5) is 37.0. The quantitative estimate of drug-likeness (QED) is 0.655. The van der Waals surface area contributed by atoms with Crippen LogP contribution in [-0.2, 0) is 4.79 Å². The number of thioether (sulfide) groups is 1. The zero-order valence-electron chi connectivity index (χ0n) is 16.1. The van der Waals surface area contributed by atoms with Gasteiger partial charge in [-0.15, -0.1) is 0 Å². The van der Waals surface area contributed by atoms with Crippen LogP contribution in [0.3, 0.4) is 0 Å². The number of benzene rings is 2. The van der Waals surface area contributed by atoms with Gasteiger partial charge < -0.3 is 9.80 Å². The molecule has 150 valence electrons. The molecule has 0 unspecified atom stereocenters. The summed E-state index contributed by atoms with van der Waals surface area (Å²) < 4.78 is 0. The van der Waals surface area contributed by atoms with E-state index in [9.17, 15) is 9.59 Å². The Bertz CT molecular complexity index is 1170. The molecule has 30 heavy (non-hydrogen) atoms. The molecule has 3 heterocycles. The van der Waals surface area contributed by atoms with Crippen LogP contribution in [-0.4, -0.2) is 47.3 Å². The molecule has 2 saturated heterocycles. The number of imide groups is 1. The summed E-state index contributed by atoms with van der Waals surface area (Å²) >= 11 is 0.890. The van der Waals surface area contributed by atoms with E-state index < -0.39 is 0 Å². The number of hydrogen-bond donors (Lipinski definition) is 1. The third-order valence-corrected chi connectivity index (χ3v) is 6.07. The van der Waals surface area contributed by atoms with Gasteiger partial charge in [0.1, 0.15) is 0 Å². The monoisotopic (exact) mass is 417 g/mol. The van der Waals surface area contributed by atoms with Crippen molar-refractivity contribution >= 4 is 51.4 Å². The number of anilines is 2. The largest absolute Gasteiger partial charge is 0.367 e. The molecule has 2 aliphatic rings. The first kappa shape index (κ1) is 18.6. The molecular weight excluding hydrogens is 398 g/mol. The van der Waals surface area contributed by atoms with E-state index in [1.807, 2.05) is 0 Å². The minimum atomic E-state index is -0.381. The number of hydrogen-bond acceptors (Lipinski definition) is 7. The lowest BCUT2D eigenvalue weighted by atomic mass is 10.1. The summed E-state index contributed by atoms with van der Waals surface area (Å²) in [5.41, 5.74) is 1.87. The Hall–Kier alpha value is -3.39. The molecule has 2 amide bonds.